The Bertz CT molecular complexity index is 337. The molecule has 2 fully saturated rings. The normalized spacial score (nSPS) is 32.8. The fourth-order valence-corrected chi connectivity index (χ4v) is 3.66. The fourth-order valence-electron chi connectivity index (χ4n) is 2.39. The van der Waals surface area contributed by atoms with E-state index in [1.165, 1.54) is 5.75 Å². The Kier molecular flexibility index (Phi) is 3.39. The van der Waals surface area contributed by atoms with Crippen LogP contribution in [0.15, 0.2) is 0 Å². The first kappa shape index (κ1) is 12.7. The molecule has 2 rings (SSSR count). The van der Waals surface area contributed by atoms with Crippen LogP contribution in [0.25, 0.3) is 0 Å². The zero-order valence-electron chi connectivity index (χ0n) is 10.7. The van der Waals surface area contributed by atoms with Gasteiger partial charge in [0.25, 0.3) is 0 Å². The quantitative estimate of drug-likeness (QED) is 0.797. The van der Waals surface area contributed by atoms with Gasteiger partial charge in [0.2, 0.25) is 11.8 Å². The molecule has 0 bridgehead atoms. The van der Waals surface area contributed by atoms with Crippen LogP contribution in [-0.4, -0.2) is 46.3 Å². The minimum absolute atomic E-state index is 0.0414. The molecule has 0 aliphatic carbocycles. The highest BCUT2D eigenvalue weighted by atomic mass is 32.2. The number of hydrogen-bond acceptors (Lipinski definition) is 3. The van der Waals surface area contributed by atoms with Crippen molar-refractivity contribution in [3.05, 3.63) is 0 Å². The number of piperazine rings is 1. The number of carbonyl (C=O) groups is 2. The first-order valence-electron chi connectivity index (χ1n) is 6.12. The lowest BCUT2D eigenvalue weighted by Crippen LogP contribution is -2.67. The number of thioether (sulfide) groups is 1. The van der Waals surface area contributed by atoms with Crippen molar-refractivity contribution in [3.8, 4) is 0 Å². The molecule has 2 atom stereocenters. The molecule has 0 radical (unpaired) electrons. The summed E-state index contributed by atoms with van der Waals surface area (Å²) in [6, 6.07) is -0.332. The van der Waals surface area contributed by atoms with Gasteiger partial charge >= 0.3 is 0 Å². The van der Waals surface area contributed by atoms with Crippen LogP contribution in [0.3, 0.4) is 0 Å². The SMILES string of the molecule is CC1C(=O)NC(C)(C)C(=O)N1CC1CCSC1. The van der Waals surface area contributed by atoms with Gasteiger partial charge < -0.3 is 10.2 Å². The second-order valence-corrected chi connectivity index (χ2v) is 6.63. The second-order valence-electron chi connectivity index (χ2n) is 5.48. The molecule has 96 valence electrons. The summed E-state index contributed by atoms with van der Waals surface area (Å²) in [5.41, 5.74) is -0.755. The Morgan fingerprint density at radius 3 is 2.76 bits per heavy atom. The van der Waals surface area contributed by atoms with Crippen LogP contribution >= 0.6 is 11.8 Å². The van der Waals surface area contributed by atoms with E-state index in [-0.39, 0.29) is 17.9 Å². The van der Waals surface area contributed by atoms with E-state index in [0.717, 1.165) is 18.7 Å². The molecule has 0 aromatic heterocycles. The molecule has 1 N–H and O–H groups in total. The zero-order valence-corrected chi connectivity index (χ0v) is 11.5. The summed E-state index contributed by atoms with van der Waals surface area (Å²) in [7, 11) is 0. The minimum atomic E-state index is -0.755. The van der Waals surface area contributed by atoms with E-state index >= 15 is 0 Å². The highest BCUT2D eigenvalue weighted by molar-refractivity contribution is 7.99. The minimum Gasteiger partial charge on any atom is -0.340 e. The van der Waals surface area contributed by atoms with Crippen molar-refractivity contribution >= 4 is 23.6 Å². The predicted octanol–water partition coefficient (Wildman–Crippen LogP) is 0.865. The van der Waals surface area contributed by atoms with Gasteiger partial charge in [-0.25, -0.2) is 0 Å². The number of rotatable bonds is 2. The Labute approximate surface area is 106 Å². The van der Waals surface area contributed by atoms with Crippen LogP contribution in [0.4, 0.5) is 0 Å². The van der Waals surface area contributed by atoms with Gasteiger partial charge in [-0.05, 0) is 44.6 Å². The largest absolute Gasteiger partial charge is 0.340 e. The fraction of sp³-hybridized carbons (Fsp3) is 0.833. The zero-order chi connectivity index (χ0) is 12.6. The molecule has 2 saturated heterocycles. The van der Waals surface area contributed by atoms with Crippen molar-refractivity contribution in [1.82, 2.24) is 10.2 Å². The van der Waals surface area contributed by atoms with E-state index in [2.05, 4.69) is 5.32 Å². The summed E-state index contributed by atoms with van der Waals surface area (Å²) in [5.74, 6) is 2.84. The summed E-state index contributed by atoms with van der Waals surface area (Å²) < 4.78 is 0. The van der Waals surface area contributed by atoms with Gasteiger partial charge in [0, 0.05) is 6.54 Å². The maximum Gasteiger partial charge on any atom is 0.248 e. The maximum absolute atomic E-state index is 12.3. The molecular formula is C12H20N2O2S. The molecule has 2 heterocycles. The number of nitrogens with one attached hydrogen (secondary N) is 1. The van der Waals surface area contributed by atoms with Gasteiger partial charge in [0.05, 0.1) is 0 Å². The highest BCUT2D eigenvalue weighted by Gasteiger charge is 2.43. The smallest absolute Gasteiger partial charge is 0.248 e. The van der Waals surface area contributed by atoms with Gasteiger partial charge in [-0.2, -0.15) is 11.8 Å². The van der Waals surface area contributed by atoms with E-state index in [1.54, 1.807) is 18.7 Å². The molecule has 0 aromatic carbocycles. The number of amides is 2. The molecule has 2 aliphatic heterocycles. The lowest BCUT2D eigenvalue weighted by Gasteiger charge is -2.42. The number of hydrogen-bond donors (Lipinski definition) is 1. The molecule has 0 spiro atoms. The summed E-state index contributed by atoms with van der Waals surface area (Å²) in [4.78, 5) is 25.9. The summed E-state index contributed by atoms with van der Waals surface area (Å²) in [5, 5.41) is 2.77. The molecule has 2 amide bonds. The molecule has 0 aromatic rings. The van der Waals surface area contributed by atoms with Gasteiger partial charge in [-0.15, -0.1) is 0 Å². The van der Waals surface area contributed by atoms with E-state index in [4.69, 9.17) is 0 Å². The Morgan fingerprint density at radius 1 is 1.47 bits per heavy atom. The van der Waals surface area contributed by atoms with E-state index in [9.17, 15) is 9.59 Å². The predicted molar refractivity (Wildman–Crippen MR) is 68.8 cm³/mol. The standard InChI is InChI=1S/C12H20N2O2S/c1-8-10(15)13-12(2,3)11(16)14(8)6-9-4-5-17-7-9/h8-9H,4-7H2,1-3H3,(H,13,15). The molecule has 4 nitrogen and oxygen atoms in total. The Hall–Kier alpha value is -0.710. The summed E-state index contributed by atoms with van der Waals surface area (Å²) >= 11 is 1.94. The number of nitrogens with zero attached hydrogens (tertiary/aromatic N) is 1. The topological polar surface area (TPSA) is 49.4 Å². The van der Waals surface area contributed by atoms with Crippen LogP contribution in [0, 0.1) is 5.92 Å². The summed E-state index contributed by atoms with van der Waals surface area (Å²) in [6.45, 7) is 6.08. The maximum atomic E-state index is 12.3. The number of carbonyl (C=O) groups excluding carboxylic acids is 2. The van der Waals surface area contributed by atoms with E-state index < -0.39 is 5.54 Å². The first-order chi connectivity index (χ1) is 7.92. The molecule has 2 unspecified atom stereocenters. The van der Waals surface area contributed by atoms with Crippen molar-refractivity contribution in [1.29, 1.82) is 0 Å². The van der Waals surface area contributed by atoms with Crippen LogP contribution in [0.5, 0.6) is 0 Å². The van der Waals surface area contributed by atoms with Gasteiger partial charge in [-0.3, -0.25) is 9.59 Å². The molecular weight excluding hydrogens is 236 g/mol. The third kappa shape index (κ3) is 2.44. The third-order valence-electron chi connectivity index (χ3n) is 3.56. The van der Waals surface area contributed by atoms with Crippen LogP contribution < -0.4 is 5.32 Å². The van der Waals surface area contributed by atoms with Crippen LogP contribution in [-0.2, 0) is 9.59 Å². The molecule has 17 heavy (non-hydrogen) atoms. The first-order valence-corrected chi connectivity index (χ1v) is 7.28. The van der Waals surface area contributed by atoms with E-state index in [0.29, 0.717) is 5.92 Å². The lowest BCUT2D eigenvalue weighted by molar-refractivity contribution is -0.153. The van der Waals surface area contributed by atoms with Crippen molar-refractivity contribution in [2.45, 2.75) is 38.8 Å². The highest BCUT2D eigenvalue weighted by Crippen LogP contribution is 2.27. The van der Waals surface area contributed by atoms with Crippen molar-refractivity contribution in [3.63, 3.8) is 0 Å². The second kappa shape index (κ2) is 4.52. The lowest BCUT2D eigenvalue weighted by atomic mass is 9.95. The Morgan fingerprint density at radius 2 is 2.18 bits per heavy atom. The molecule has 5 heteroatoms. The van der Waals surface area contributed by atoms with Crippen molar-refractivity contribution < 1.29 is 9.59 Å². The monoisotopic (exact) mass is 256 g/mol. The van der Waals surface area contributed by atoms with E-state index in [1.807, 2.05) is 18.7 Å². The molecule has 0 saturated carbocycles. The van der Waals surface area contributed by atoms with Crippen LogP contribution in [0.2, 0.25) is 0 Å². The van der Waals surface area contributed by atoms with Crippen LogP contribution in [0.1, 0.15) is 27.2 Å². The molecule has 2 aliphatic rings. The van der Waals surface area contributed by atoms with Gasteiger partial charge in [0.1, 0.15) is 11.6 Å². The average Bonchev–Trinajstić information content (AvgIpc) is 2.74. The third-order valence-corrected chi connectivity index (χ3v) is 4.79. The Balaban J connectivity index is 2.11. The van der Waals surface area contributed by atoms with Gasteiger partial charge in [0.15, 0.2) is 0 Å². The summed E-state index contributed by atoms with van der Waals surface area (Å²) in [6.07, 6.45) is 1.16. The van der Waals surface area contributed by atoms with Crippen molar-refractivity contribution in [2.75, 3.05) is 18.1 Å². The van der Waals surface area contributed by atoms with Crippen molar-refractivity contribution in [2.24, 2.45) is 5.92 Å². The average molecular weight is 256 g/mol. The van der Waals surface area contributed by atoms with Gasteiger partial charge in [-0.1, -0.05) is 0 Å².